The molecule has 12 heavy (non-hydrogen) atoms. The Morgan fingerprint density at radius 1 is 1.33 bits per heavy atom. The fraction of sp³-hybridized carbons (Fsp3) is 0.900. The minimum Gasteiger partial charge on any atom is -0.481 e. The van der Waals surface area contributed by atoms with E-state index in [9.17, 15) is 4.79 Å². The van der Waals surface area contributed by atoms with Gasteiger partial charge in [-0.1, -0.05) is 13.3 Å². The highest BCUT2D eigenvalue weighted by molar-refractivity contribution is 5.71. The molecule has 0 aromatic rings. The SMILES string of the molecule is C[C@@H]1C[C@H](C(=O)O)[C@H]2CCC[C@@H]21. The van der Waals surface area contributed by atoms with Crippen LogP contribution >= 0.6 is 0 Å². The van der Waals surface area contributed by atoms with Gasteiger partial charge in [-0.2, -0.15) is 0 Å². The fourth-order valence-electron chi connectivity index (χ4n) is 3.26. The summed E-state index contributed by atoms with van der Waals surface area (Å²) in [5.74, 6) is 1.31. The molecule has 0 aliphatic heterocycles. The number of hydrogen-bond acceptors (Lipinski definition) is 1. The molecule has 0 bridgehead atoms. The normalized spacial score (nSPS) is 46.1. The highest BCUT2D eigenvalue weighted by Crippen LogP contribution is 2.50. The highest BCUT2D eigenvalue weighted by Gasteiger charge is 2.46. The van der Waals surface area contributed by atoms with Crippen molar-refractivity contribution >= 4 is 5.97 Å². The number of hydrogen-bond donors (Lipinski definition) is 1. The van der Waals surface area contributed by atoms with E-state index in [2.05, 4.69) is 6.92 Å². The molecular formula is C10H16O2. The van der Waals surface area contributed by atoms with Crippen molar-refractivity contribution in [3.8, 4) is 0 Å². The summed E-state index contributed by atoms with van der Waals surface area (Å²) in [5.41, 5.74) is 0. The van der Waals surface area contributed by atoms with Gasteiger partial charge in [-0.25, -0.2) is 0 Å². The molecule has 0 amide bonds. The second-order valence-electron chi connectivity index (χ2n) is 4.42. The predicted molar refractivity (Wildman–Crippen MR) is 45.7 cm³/mol. The van der Waals surface area contributed by atoms with Crippen molar-refractivity contribution < 1.29 is 9.90 Å². The molecule has 2 fully saturated rings. The first-order valence-corrected chi connectivity index (χ1v) is 4.93. The van der Waals surface area contributed by atoms with E-state index < -0.39 is 5.97 Å². The Balaban J connectivity index is 2.14. The summed E-state index contributed by atoms with van der Waals surface area (Å²) in [7, 11) is 0. The third-order valence-electron chi connectivity index (χ3n) is 3.82. The van der Waals surface area contributed by atoms with E-state index in [0.717, 1.165) is 18.8 Å². The molecule has 2 aliphatic carbocycles. The summed E-state index contributed by atoms with van der Waals surface area (Å²) in [6, 6.07) is 0. The Labute approximate surface area is 73.0 Å². The predicted octanol–water partition coefficient (Wildman–Crippen LogP) is 2.14. The van der Waals surface area contributed by atoms with E-state index in [4.69, 9.17) is 5.11 Å². The molecule has 0 unspecified atom stereocenters. The lowest BCUT2D eigenvalue weighted by atomic mass is 9.91. The zero-order valence-corrected chi connectivity index (χ0v) is 7.49. The lowest BCUT2D eigenvalue weighted by Gasteiger charge is -2.14. The van der Waals surface area contributed by atoms with E-state index in [1.54, 1.807) is 0 Å². The molecule has 2 aliphatic rings. The molecule has 2 nitrogen and oxygen atoms in total. The minimum atomic E-state index is -0.559. The Bertz CT molecular complexity index is 200. The van der Waals surface area contributed by atoms with Gasteiger partial charge in [0.05, 0.1) is 5.92 Å². The molecule has 4 atom stereocenters. The number of rotatable bonds is 1. The van der Waals surface area contributed by atoms with E-state index in [0.29, 0.717) is 11.8 Å². The molecule has 2 saturated carbocycles. The number of carbonyl (C=O) groups is 1. The molecule has 1 N–H and O–H groups in total. The Morgan fingerprint density at radius 2 is 2.00 bits per heavy atom. The molecule has 2 heteroatoms. The summed E-state index contributed by atoms with van der Waals surface area (Å²) < 4.78 is 0. The maximum absolute atomic E-state index is 10.9. The Hall–Kier alpha value is -0.530. The van der Waals surface area contributed by atoms with Gasteiger partial charge in [0, 0.05) is 0 Å². The monoisotopic (exact) mass is 168 g/mol. The standard InChI is InChI=1S/C10H16O2/c1-6-5-9(10(11)12)8-4-2-3-7(6)8/h6-9H,2-5H2,1H3,(H,11,12)/t6-,7-,8+,9+/m1/s1. The molecule has 2 rings (SSSR count). The van der Waals surface area contributed by atoms with Crippen molar-refractivity contribution in [1.82, 2.24) is 0 Å². The first kappa shape index (κ1) is 8.09. The molecule has 0 heterocycles. The number of aliphatic carboxylic acids is 1. The molecule has 0 aromatic carbocycles. The summed E-state index contributed by atoms with van der Waals surface area (Å²) in [6.07, 6.45) is 4.61. The molecule has 0 saturated heterocycles. The molecule has 0 spiro atoms. The topological polar surface area (TPSA) is 37.3 Å². The summed E-state index contributed by atoms with van der Waals surface area (Å²) in [5, 5.41) is 8.98. The quantitative estimate of drug-likeness (QED) is 0.651. The second kappa shape index (κ2) is 2.75. The van der Waals surface area contributed by atoms with Crippen LogP contribution in [-0.4, -0.2) is 11.1 Å². The Kier molecular flexibility index (Phi) is 1.85. The van der Waals surface area contributed by atoms with E-state index in [-0.39, 0.29) is 5.92 Å². The van der Waals surface area contributed by atoms with Gasteiger partial charge in [-0.15, -0.1) is 0 Å². The average Bonchev–Trinajstić information content (AvgIpc) is 2.53. The van der Waals surface area contributed by atoms with Crippen LogP contribution in [0, 0.1) is 23.7 Å². The minimum absolute atomic E-state index is 0.0208. The van der Waals surface area contributed by atoms with Gasteiger partial charge in [0.1, 0.15) is 0 Å². The highest BCUT2D eigenvalue weighted by atomic mass is 16.4. The van der Waals surface area contributed by atoms with Crippen LogP contribution in [0.5, 0.6) is 0 Å². The number of carboxylic acids is 1. The average molecular weight is 168 g/mol. The largest absolute Gasteiger partial charge is 0.481 e. The number of carboxylic acid groups (broad SMARTS) is 1. The zero-order valence-electron chi connectivity index (χ0n) is 7.49. The van der Waals surface area contributed by atoms with E-state index in [1.807, 2.05) is 0 Å². The zero-order chi connectivity index (χ0) is 8.72. The van der Waals surface area contributed by atoms with Crippen LogP contribution in [0.4, 0.5) is 0 Å². The van der Waals surface area contributed by atoms with Crippen molar-refractivity contribution in [2.45, 2.75) is 32.6 Å². The molecular weight excluding hydrogens is 152 g/mol. The van der Waals surface area contributed by atoms with Crippen LogP contribution < -0.4 is 0 Å². The smallest absolute Gasteiger partial charge is 0.306 e. The fourth-order valence-corrected chi connectivity index (χ4v) is 3.26. The van der Waals surface area contributed by atoms with Crippen molar-refractivity contribution in [2.24, 2.45) is 23.7 Å². The molecule has 0 aromatic heterocycles. The molecule has 0 radical (unpaired) electrons. The van der Waals surface area contributed by atoms with Gasteiger partial charge in [-0.3, -0.25) is 4.79 Å². The van der Waals surface area contributed by atoms with Crippen LogP contribution in [0.25, 0.3) is 0 Å². The van der Waals surface area contributed by atoms with E-state index >= 15 is 0 Å². The lowest BCUT2D eigenvalue weighted by Crippen LogP contribution is -2.18. The van der Waals surface area contributed by atoms with Crippen molar-refractivity contribution in [3.05, 3.63) is 0 Å². The Morgan fingerprint density at radius 3 is 2.67 bits per heavy atom. The maximum Gasteiger partial charge on any atom is 0.306 e. The van der Waals surface area contributed by atoms with Crippen LogP contribution in [0.1, 0.15) is 32.6 Å². The maximum atomic E-state index is 10.9. The van der Waals surface area contributed by atoms with Gasteiger partial charge < -0.3 is 5.11 Å². The van der Waals surface area contributed by atoms with Gasteiger partial charge in [-0.05, 0) is 37.0 Å². The van der Waals surface area contributed by atoms with Gasteiger partial charge in [0.15, 0.2) is 0 Å². The summed E-state index contributed by atoms with van der Waals surface area (Å²) in [6.45, 7) is 2.21. The van der Waals surface area contributed by atoms with Crippen molar-refractivity contribution in [3.63, 3.8) is 0 Å². The third-order valence-corrected chi connectivity index (χ3v) is 3.82. The summed E-state index contributed by atoms with van der Waals surface area (Å²) >= 11 is 0. The van der Waals surface area contributed by atoms with Gasteiger partial charge in [0.2, 0.25) is 0 Å². The van der Waals surface area contributed by atoms with Crippen LogP contribution in [-0.2, 0) is 4.79 Å². The number of fused-ring (bicyclic) bond motifs is 1. The first-order valence-electron chi connectivity index (χ1n) is 4.93. The van der Waals surface area contributed by atoms with Crippen LogP contribution in [0.3, 0.4) is 0 Å². The first-order chi connectivity index (χ1) is 5.70. The van der Waals surface area contributed by atoms with Crippen LogP contribution in [0.15, 0.2) is 0 Å². The van der Waals surface area contributed by atoms with Crippen LogP contribution in [0.2, 0.25) is 0 Å². The van der Waals surface area contributed by atoms with E-state index in [1.165, 1.54) is 12.8 Å². The third kappa shape index (κ3) is 1.05. The van der Waals surface area contributed by atoms with Gasteiger partial charge >= 0.3 is 5.97 Å². The van der Waals surface area contributed by atoms with Gasteiger partial charge in [0.25, 0.3) is 0 Å². The van der Waals surface area contributed by atoms with Crippen molar-refractivity contribution in [1.29, 1.82) is 0 Å². The summed E-state index contributed by atoms with van der Waals surface area (Å²) in [4.78, 5) is 10.9. The second-order valence-corrected chi connectivity index (χ2v) is 4.42. The lowest BCUT2D eigenvalue weighted by molar-refractivity contribution is -0.143. The van der Waals surface area contributed by atoms with Crippen molar-refractivity contribution in [2.75, 3.05) is 0 Å². The molecule has 68 valence electrons.